The van der Waals surface area contributed by atoms with Crippen LogP contribution in [0.3, 0.4) is 0 Å². The fraction of sp³-hybridized carbons (Fsp3) is 0.150. The molecule has 7 heteroatoms. The van der Waals surface area contributed by atoms with Gasteiger partial charge in [0, 0.05) is 11.8 Å². The number of hydrogen-bond donors (Lipinski definition) is 2. The molecule has 6 nitrogen and oxygen atoms in total. The Kier molecular flexibility index (Phi) is 5.88. The monoisotopic (exact) mass is 382 g/mol. The molecule has 0 unspecified atom stereocenters. The van der Waals surface area contributed by atoms with Crippen LogP contribution in [0.4, 0.5) is 23.1 Å². The molecule has 0 bridgehead atoms. The van der Waals surface area contributed by atoms with Gasteiger partial charge in [-0.1, -0.05) is 35.9 Å². The van der Waals surface area contributed by atoms with E-state index in [1.54, 1.807) is 31.2 Å². The molecular weight excluding hydrogens is 364 g/mol. The predicted octanol–water partition coefficient (Wildman–Crippen LogP) is 5.10. The summed E-state index contributed by atoms with van der Waals surface area (Å²) in [5.41, 5.74) is 2.50. The molecule has 3 aromatic rings. The second kappa shape index (κ2) is 8.51. The summed E-state index contributed by atoms with van der Waals surface area (Å²) >= 11 is 6.20. The number of hydrogen-bond acceptors (Lipinski definition) is 6. The van der Waals surface area contributed by atoms with Crippen molar-refractivity contribution in [2.45, 2.75) is 13.8 Å². The Hall–Kier alpha value is -3.12. The SMILES string of the molecule is CCOC(=O)c1ccccc1Nc1nc(C)cc(Nc2ccccc2Cl)n1. The average molecular weight is 383 g/mol. The smallest absolute Gasteiger partial charge is 0.340 e. The molecule has 1 aromatic heterocycles. The van der Waals surface area contributed by atoms with Gasteiger partial charge in [0.05, 0.1) is 28.6 Å². The standard InChI is InChI=1S/C20H19ClN4O2/c1-3-27-19(26)14-8-4-6-10-16(14)24-20-22-13(2)12-18(25-20)23-17-11-7-5-9-15(17)21/h4-12H,3H2,1-2H3,(H2,22,23,24,25). The summed E-state index contributed by atoms with van der Waals surface area (Å²) < 4.78 is 5.10. The molecule has 1 heterocycles. The minimum atomic E-state index is -0.400. The topological polar surface area (TPSA) is 76.1 Å². The maximum atomic E-state index is 12.1. The lowest BCUT2D eigenvalue weighted by molar-refractivity contribution is 0.0527. The van der Waals surface area contributed by atoms with Crippen LogP contribution in [0.5, 0.6) is 0 Å². The summed E-state index contributed by atoms with van der Waals surface area (Å²) in [4.78, 5) is 21.0. The molecule has 0 aliphatic rings. The molecular formula is C20H19ClN4O2. The molecule has 0 aliphatic heterocycles. The zero-order valence-corrected chi connectivity index (χ0v) is 15.7. The van der Waals surface area contributed by atoms with E-state index in [1.165, 1.54) is 0 Å². The van der Waals surface area contributed by atoms with E-state index in [2.05, 4.69) is 20.6 Å². The summed E-state index contributed by atoms with van der Waals surface area (Å²) in [5, 5.41) is 6.87. The first-order valence-corrected chi connectivity index (χ1v) is 8.85. The third kappa shape index (κ3) is 4.74. The fourth-order valence-corrected chi connectivity index (χ4v) is 2.67. The fourth-order valence-electron chi connectivity index (χ4n) is 2.49. The first-order valence-electron chi connectivity index (χ1n) is 8.47. The van der Waals surface area contributed by atoms with Crippen molar-refractivity contribution in [3.8, 4) is 0 Å². The van der Waals surface area contributed by atoms with Crippen molar-refractivity contribution >= 4 is 40.7 Å². The second-order valence-corrected chi connectivity index (χ2v) is 6.12. The first-order chi connectivity index (χ1) is 13.1. The Labute approximate surface area is 162 Å². The van der Waals surface area contributed by atoms with Crippen LogP contribution >= 0.6 is 11.6 Å². The zero-order valence-electron chi connectivity index (χ0n) is 15.0. The summed E-state index contributed by atoms with van der Waals surface area (Å²) in [6.45, 7) is 3.94. The van der Waals surface area contributed by atoms with E-state index < -0.39 is 5.97 Å². The van der Waals surface area contributed by atoms with Gasteiger partial charge in [0.25, 0.3) is 0 Å². The van der Waals surface area contributed by atoms with Gasteiger partial charge in [-0.3, -0.25) is 0 Å². The van der Waals surface area contributed by atoms with Gasteiger partial charge in [0.1, 0.15) is 5.82 Å². The van der Waals surface area contributed by atoms with Gasteiger partial charge < -0.3 is 15.4 Å². The van der Waals surface area contributed by atoms with Crippen LogP contribution in [0.25, 0.3) is 0 Å². The van der Waals surface area contributed by atoms with E-state index in [1.807, 2.05) is 37.3 Å². The average Bonchev–Trinajstić information content (AvgIpc) is 2.64. The number of anilines is 4. The van der Waals surface area contributed by atoms with E-state index in [0.29, 0.717) is 34.6 Å². The minimum Gasteiger partial charge on any atom is -0.462 e. The second-order valence-electron chi connectivity index (χ2n) is 5.71. The van der Waals surface area contributed by atoms with Gasteiger partial charge in [0.2, 0.25) is 5.95 Å². The quantitative estimate of drug-likeness (QED) is 0.577. The summed E-state index contributed by atoms with van der Waals surface area (Å²) in [5.74, 6) is 0.552. The molecule has 27 heavy (non-hydrogen) atoms. The molecule has 0 atom stereocenters. The molecule has 0 saturated carbocycles. The number of aryl methyl sites for hydroxylation is 1. The number of para-hydroxylation sites is 2. The highest BCUT2D eigenvalue weighted by Gasteiger charge is 2.13. The Morgan fingerprint density at radius 2 is 1.74 bits per heavy atom. The predicted molar refractivity (Wildman–Crippen MR) is 107 cm³/mol. The highest BCUT2D eigenvalue weighted by atomic mass is 35.5. The molecule has 0 saturated heterocycles. The summed E-state index contributed by atoms with van der Waals surface area (Å²) in [7, 11) is 0. The Balaban J connectivity index is 1.88. The Morgan fingerprint density at radius 1 is 1.04 bits per heavy atom. The number of nitrogens with zero attached hydrogens (tertiary/aromatic N) is 2. The van der Waals surface area contributed by atoms with E-state index in [-0.39, 0.29) is 0 Å². The molecule has 0 fully saturated rings. The highest BCUT2D eigenvalue weighted by molar-refractivity contribution is 6.33. The van der Waals surface area contributed by atoms with E-state index in [0.717, 1.165) is 11.4 Å². The van der Waals surface area contributed by atoms with Gasteiger partial charge in [-0.15, -0.1) is 0 Å². The number of benzene rings is 2. The van der Waals surface area contributed by atoms with Crippen molar-refractivity contribution in [1.29, 1.82) is 0 Å². The van der Waals surface area contributed by atoms with Crippen LogP contribution < -0.4 is 10.6 Å². The lowest BCUT2D eigenvalue weighted by Crippen LogP contribution is -2.09. The number of carbonyl (C=O) groups excluding carboxylic acids is 1. The van der Waals surface area contributed by atoms with E-state index >= 15 is 0 Å². The Morgan fingerprint density at radius 3 is 2.48 bits per heavy atom. The molecule has 3 rings (SSSR count). The van der Waals surface area contributed by atoms with Gasteiger partial charge in [-0.25, -0.2) is 9.78 Å². The number of halogens is 1. The van der Waals surface area contributed by atoms with Gasteiger partial charge in [0.15, 0.2) is 0 Å². The van der Waals surface area contributed by atoms with Crippen LogP contribution in [-0.2, 0) is 4.74 Å². The number of aromatic nitrogens is 2. The minimum absolute atomic E-state index is 0.306. The van der Waals surface area contributed by atoms with Crippen LogP contribution in [0, 0.1) is 6.92 Å². The summed E-state index contributed by atoms with van der Waals surface area (Å²) in [6, 6.07) is 16.3. The molecule has 138 valence electrons. The molecule has 0 spiro atoms. The lowest BCUT2D eigenvalue weighted by atomic mass is 10.2. The van der Waals surface area contributed by atoms with E-state index in [9.17, 15) is 4.79 Å². The number of esters is 1. The number of ether oxygens (including phenoxy) is 1. The maximum absolute atomic E-state index is 12.1. The van der Waals surface area contributed by atoms with Crippen LogP contribution in [0.2, 0.25) is 5.02 Å². The normalized spacial score (nSPS) is 10.3. The lowest BCUT2D eigenvalue weighted by Gasteiger charge is -2.13. The molecule has 0 aliphatic carbocycles. The van der Waals surface area contributed by atoms with Crippen LogP contribution in [-0.4, -0.2) is 22.5 Å². The first kappa shape index (κ1) is 18.7. The molecule has 2 N–H and O–H groups in total. The van der Waals surface area contributed by atoms with Crippen molar-refractivity contribution < 1.29 is 9.53 Å². The Bertz CT molecular complexity index is 962. The number of nitrogens with one attached hydrogen (secondary N) is 2. The van der Waals surface area contributed by atoms with Crippen molar-refractivity contribution in [1.82, 2.24) is 9.97 Å². The van der Waals surface area contributed by atoms with Crippen molar-refractivity contribution in [3.63, 3.8) is 0 Å². The van der Waals surface area contributed by atoms with Gasteiger partial charge in [-0.2, -0.15) is 4.98 Å². The van der Waals surface area contributed by atoms with Crippen LogP contribution in [0.15, 0.2) is 54.6 Å². The molecule has 0 amide bonds. The van der Waals surface area contributed by atoms with Gasteiger partial charge in [-0.05, 0) is 38.1 Å². The molecule has 2 aromatic carbocycles. The van der Waals surface area contributed by atoms with Crippen molar-refractivity contribution in [3.05, 3.63) is 70.9 Å². The highest BCUT2D eigenvalue weighted by Crippen LogP contribution is 2.26. The zero-order chi connectivity index (χ0) is 19.2. The maximum Gasteiger partial charge on any atom is 0.340 e. The van der Waals surface area contributed by atoms with Crippen LogP contribution in [0.1, 0.15) is 23.0 Å². The number of carbonyl (C=O) groups is 1. The number of rotatable bonds is 6. The van der Waals surface area contributed by atoms with E-state index in [4.69, 9.17) is 16.3 Å². The third-order valence-corrected chi connectivity index (χ3v) is 3.99. The molecule has 0 radical (unpaired) electrons. The van der Waals surface area contributed by atoms with Crippen molar-refractivity contribution in [2.24, 2.45) is 0 Å². The summed E-state index contributed by atoms with van der Waals surface area (Å²) in [6.07, 6.45) is 0. The third-order valence-electron chi connectivity index (χ3n) is 3.66. The van der Waals surface area contributed by atoms with Crippen molar-refractivity contribution in [2.75, 3.05) is 17.2 Å². The largest absolute Gasteiger partial charge is 0.462 e. The van der Waals surface area contributed by atoms with Gasteiger partial charge >= 0.3 is 5.97 Å².